The van der Waals surface area contributed by atoms with Gasteiger partial charge in [0.15, 0.2) is 0 Å². The molecule has 1 N–H and O–H groups in total. The quantitative estimate of drug-likeness (QED) is 0.910. The monoisotopic (exact) mass is 314 g/mol. The van der Waals surface area contributed by atoms with Gasteiger partial charge in [-0.25, -0.2) is 4.39 Å². The fraction of sp³-hybridized carbons (Fsp3) is 0.231. The van der Waals surface area contributed by atoms with Crippen LogP contribution in [-0.2, 0) is 12.8 Å². The third kappa shape index (κ3) is 3.91. The van der Waals surface area contributed by atoms with Gasteiger partial charge in [-0.2, -0.15) is 0 Å². The molecular weight excluding hydrogens is 303 g/mol. The van der Waals surface area contributed by atoms with Crippen LogP contribution in [0.5, 0.6) is 0 Å². The number of hydrogen-bond acceptors (Lipinski definition) is 2. The summed E-state index contributed by atoms with van der Waals surface area (Å²) in [6.45, 7) is 0. The molecule has 0 radical (unpaired) electrons. The molecule has 1 unspecified atom stereocenters. The second kappa shape index (κ2) is 5.76. The summed E-state index contributed by atoms with van der Waals surface area (Å²) >= 11 is 5.01. The van der Waals surface area contributed by atoms with E-state index in [1.807, 2.05) is 11.4 Å². The van der Waals surface area contributed by atoms with Crippen LogP contribution < -0.4 is 0 Å². The maximum atomic E-state index is 12.7. The molecule has 0 aliphatic rings. The van der Waals surface area contributed by atoms with Gasteiger partial charge in [-0.15, -0.1) is 11.3 Å². The average Bonchev–Trinajstić information content (AvgIpc) is 2.67. The van der Waals surface area contributed by atoms with Crippen LogP contribution in [0.4, 0.5) is 4.39 Å². The van der Waals surface area contributed by atoms with Crippen molar-refractivity contribution in [1.29, 1.82) is 0 Å². The van der Waals surface area contributed by atoms with Gasteiger partial charge in [-0.1, -0.05) is 12.1 Å². The normalized spacial score (nSPS) is 12.6. The lowest BCUT2D eigenvalue weighted by Crippen LogP contribution is -2.13. The summed E-state index contributed by atoms with van der Waals surface area (Å²) in [7, 11) is 0. The zero-order chi connectivity index (χ0) is 12.3. The highest BCUT2D eigenvalue weighted by atomic mass is 79.9. The lowest BCUT2D eigenvalue weighted by Gasteiger charge is -2.09. The van der Waals surface area contributed by atoms with E-state index in [2.05, 4.69) is 15.9 Å². The molecule has 0 saturated heterocycles. The molecule has 90 valence electrons. The van der Waals surface area contributed by atoms with E-state index >= 15 is 0 Å². The Bertz CT molecular complexity index is 480. The largest absolute Gasteiger partial charge is 0.392 e. The maximum absolute atomic E-state index is 12.7. The second-order valence-electron chi connectivity index (χ2n) is 3.92. The molecule has 17 heavy (non-hydrogen) atoms. The number of halogens is 2. The molecule has 0 fully saturated rings. The van der Waals surface area contributed by atoms with Gasteiger partial charge in [0.2, 0.25) is 0 Å². The van der Waals surface area contributed by atoms with Crippen LogP contribution in [0.15, 0.2) is 40.2 Å². The maximum Gasteiger partial charge on any atom is 0.123 e. The molecule has 1 heterocycles. The van der Waals surface area contributed by atoms with Crippen molar-refractivity contribution in [2.45, 2.75) is 18.9 Å². The van der Waals surface area contributed by atoms with E-state index in [0.717, 1.165) is 14.9 Å². The number of benzene rings is 1. The molecule has 0 aliphatic heterocycles. The Morgan fingerprint density at radius 3 is 2.53 bits per heavy atom. The molecule has 1 aromatic carbocycles. The molecule has 2 aromatic rings. The van der Waals surface area contributed by atoms with Gasteiger partial charge < -0.3 is 5.11 Å². The number of thiophene rings is 1. The van der Waals surface area contributed by atoms with Crippen LogP contribution in [-0.4, -0.2) is 11.2 Å². The fourth-order valence-corrected chi connectivity index (χ4v) is 3.18. The zero-order valence-corrected chi connectivity index (χ0v) is 11.5. The van der Waals surface area contributed by atoms with Crippen LogP contribution in [0.25, 0.3) is 0 Å². The van der Waals surface area contributed by atoms with E-state index in [1.165, 1.54) is 12.1 Å². The van der Waals surface area contributed by atoms with Gasteiger partial charge in [0, 0.05) is 21.2 Å². The number of aliphatic hydroxyl groups excluding tert-OH is 1. The fourth-order valence-electron chi connectivity index (χ4n) is 1.66. The standard InChI is InChI=1S/C13H12BrFOS/c14-10-6-13(17-8-10)7-12(16)5-9-1-3-11(15)4-2-9/h1-4,6,8,12,16H,5,7H2. The predicted octanol–water partition coefficient (Wildman–Crippen LogP) is 3.80. The van der Waals surface area contributed by atoms with Crippen molar-refractivity contribution >= 4 is 27.3 Å². The van der Waals surface area contributed by atoms with Crippen molar-refractivity contribution < 1.29 is 9.50 Å². The summed E-state index contributed by atoms with van der Waals surface area (Å²) in [5.74, 6) is -0.245. The van der Waals surface area contributed by atoms with E-state index in [9.17, 15) is 9.50 Å². The molecule has 0 aliphatic carbocycles. The third-order valence-corrected chi connectivity index (χ3v) is 4.16. The van der Waals surface area contributed by atoms with Crippen molar-refractivity contribution in [2.75, 3.05) is 0 Å². The van der Waals surface area contributed by atoms with Crippen molar-refractivity contribution in [3.05, 3.63) is 56.4 Å². The highest BCUT2D eigenvalue weighted by molar-refractivity contribution is 9.10. The van der Waals surface area contributed by atoms with Crippen molar-refractivity contribution in [3.63, 3.8) is 0 Å². The molecule has 0 amide bonds. The molecule has 4 heteroatoms. The molecule has 0 bridgehead atoms. The smallest absolute Gasteiger partial charge is 0.123 e. The summed E-state index contributed by atoms with van der Waals surface area (Å²) in [5.41, 5.74) is 0.953. The molecule has 1 nitrogen and oxygen atoms in total. The summed E-state index contributed by atoms with van der Waals surface area (Å²) < 4.78 is 13.8. The number of rotatable bonds is 4. The molecular formula is C13H12BrFOS. The summed E-state index contributed by atoms with van der Waals surface area (Å²) in [6, 6.07) is 8.28. The van der Waals surface area contributed by atoms with Crippen LogP contribution in [0, 0.1) is 5.82 Å². The SMILES string of the molecule is OC(Cc1ccc(F)cc1)Cc1cc(Br)cs1. The lowest BCUT2D eigenvalue weighted by atomic mass is 10.1. The second-order valence-corrected chi connectivity index (χ2v) is 5.83. The van der Waals surface area contributed by atoms with E-state index in [-0.39, 0.29) is 5.82 Å². The van der Waals surface area contributed by atoms with E-state index in [0.29, 0.717) is 12.8 Å². The zero-order valence-electron chi connectivity index (χ0n) is 9.07. The Morgan fingerprint density at radius 2 is 1.94 bits per heavy atom. The number of hydrogen-bond donors (Lipinski definition) is 1. The average molecular weight is 315 g/mol. The van der Waals surface area contributed by atoms with Gasteiger partial charge in [0.05, 0.1) is 6.10 Å². The molecule has 2 rings (SSSR count). The molecule has 0 saturated carbocycles. The van der Waals surface area contributed by atoms with Crippen molar-refractivity contribution in [2.24, 2.45) is 0 Å². The Kier molecular flexibility index (Phi) is 4.31. The van der Waals surface area contributed by atoms with E-state index < -0.39 is 6.10 Å². The van der Waals surface area contributed by atoms with E-state index in [1.54, 1.807) is 23.5 Å². The molecule has 0 spiro atoms. The third-order valence-electron chi connectivity index (χ3n) is 2.44. The Hall–Kier alpha value is -0.710. The van der Waals surface area contributed by atoms with Gasteiger partial charge in [0.1, 0.15) is 5.82 Å². The topological polar surface area (TPSA) is 20.2 Å². The Balaban J connectivity index is 1.93. The predicted molar refractivity (Wildman–Crippen MR) is 71.8 cm³/mol. The molecule has 1 aromatic heterocycles. The van der Waals surface area contributed by atoms with E-state index in [4.69, 9.17) is 0 Å². The minimum atomic E-state index is -0.425. The summed E-state index contributed by atoms with van der Waals surface area (Å²) in [4.78, 5) is 1.14. The Morgan fingerprint density at radius 1 is 1.24 bits per heavy atom. The summed E-state index contributed by atoms with van der Waals surface area (Å²) in [5, 5.41) is 11.9. The summed E-state index contributed by atoms with van der Waals surface area (Å²) in [6.07, 6.45) is 0.759. The first-order valence-electron chi connectivity index (χ1n) is 5.29. The lowest BCUT2D eigenvalue weighted by molar-refractivity contribution is 0.176. The van der Waals surface area contributed by atoms with Gasteiger partial charge in [-0.3, -0.25) is 0 Å². The first-order chi connectivity index (χ1) is 8.13. The first kappa shape index (κ1) is 12.7. The van der Waals surface area contributed by atoms with Gasteiger partial charge in [0.25, 0.3) is 0 Å². The number of aliphatic hydroxyl groups is 1. The Labute approximate surface area is 112 Å². The van der Waals surface area contributed by atoms with Crippen molar-refractivity contribution in [1.82, 2.24) is 0 Å². The minimum absolute atomic E-state index is 0.245. The van der Waals surface area contributed by atoms with Gasteiger partial charge in [-0.05, 0) is 46.1 Å². The van der Waals surface area contributed by atoms with Crippen LogP contribution in [0.2, 0.25) is 0 Å². The van der Waals surface area contributed by atoms with Crippen LogP contribution in [0.1, 0.15) is 10.4 Å². The first-order valence-corrected chi connectivity index (χ1v) is 6.96. The highest BCUT2D eigenvalue weighted by Gasteiger charge is 2.08. The highest BCUT2D eigenvalue weighted by Crippen LogP contribution is 2.21. The minimum Gasteiger partial charge on any atom is -0.392 e. The van der Waals surface area contributed by atoms with Crippen molar-refractivity contribution in [3.8, 4) is 0 Å². The van der Waals surface area contributed by atoms with Crippen LogP contribution in [0.3, 0.4) is 0 Å². The van der Waals surface area contributed by atoms with Crippen LogP contribution >= 0.6 is 27.3 Å². The molecule has 1 atom stereocenters. The van der Waals surface area contributed by atoms with Gasteiger partial charge >= 0.3 is 0 Å².